The van der Waals surface area contributed by atoms with Crippen LogP contribution in [0.5, 0.6) is 0 Å². The van der Waals surface area contributed by atoms with Crippen LogP contribution >= 0.6 is 0 Å². The van der Waals surface area contributed by atoms with Gasteiger partial charge >= 0.3 is 0 Å². The van der Waals surface area contributed by atoms with Crippen molar-refractivity contribution < 1.29 is 14.0 Å². The van der Waals surface area contributed by atoms with E-state index in [4.69, 9.17) is 10.2 Å². The standard InChI is InChI=1S/C21H25N5O3/c22-11-16-2-1-8-26(16)21(28)19(23)13-3-5-15(6-4-13)25-20(27)17-10-18-14(12-24-17)7-9-29-18/h7,9-10,12-13,15-16,19H,1-6,8,23H2,(H,25,27)/t13?,15?,16-,19-/m0/s1. The van der Waals surface area contributed by atoms with Crippen LogP contribution in [0.1, 0.15) is 49.0 Å². The molecular formula is C21H25N5O3. The van der Waals surface area contributed by atoms with Gasteiger partial charge < -0.3 is 20.4 Å². The van der Waals surface area contributed by atoms with Crippen molar-refractivity contribution >= 4 is 22.8 Å². The molecule has 0 aromatic carbocycles. The number of nitrogens with zero attached hydrogens (tertiary/aromatic N) is 3. The summed E-state index contributed by atoms with van der Waals surface area (Å²) in [5.74, 6) is -0.258. The summed E-state index contributed by atoms with van der Waals surface area (Å²) in [6.07, 6.45) is 7.85. The van der Waals surface area contributed by atoms with Gasteiger partial charge in [0, 0.05) is 30.2 Å². The minimum absolute atomic E-state index is 0.0359. The normalized spacial score (nSPS) is 25.5. The second-order valence-corrected chi connectivity index (χ2v) is 7.96. The lowest BCUT2D eigenvalue weighted by molar-refractivity contribution is -0.134. The van der Waals surface area contributed by atoms with Gasteiger partial charge in [0.2, 0.25) is 5.91 Å². The predicted molar refractivity (Wildman–Crippen MR) is 106 cm³/mol. The van der Waals surface area contributed by atoms with Crippen LogP contribution in [0.4, 0.5) is 0 Å². The van der Waals surface area contributed by atoms with Crippen molar-refractivity contribution in [3.8, 4) is 6.07 Å². The van der Waals surface area contributed by atoms with E-state index in [2.05, 4.69) is 16.4 Å². The third-order valence-corrected chi connectivity index (χ3v) is 6.16. The molecule has 0 radical (unpaired) electrons. The van der Waals surface area contributed by atoms with Crippen molar-refractivity contribution in [3.63, 3.8) is 0 Å². The number of likely N-dealkylation sites (tertiary alicyclic amines) is 1. The lowest BCUT2D eigenvalue weighted by atomic mass is 9.81. The second kappa shape index (κ2) is 8.21. The number of carbonyl (C=O) groups excluding carboxylic acids is 2. The van der Waals surface area contributed by atoms with E-state index in [1.165, 1.54) is 0 Å². The molecule has 3 N–H and O–H groups in total. The third-order valence-electron chi connectivity index (χ3n) is 6.16. The van der Waals surface area contributed by atoms with Gasteiger partial charge in [-0.1, -0.05) is 0 Å². The van der Waals surface area contributed by atoms with Crippen LogP contribution in [0.2, 0.25) is 0 Å². The van der Waals surface area contributed by atoms with Crippen LogP contribution in [-0.2, 0) is 4.79 Å². The van der Waals surface area contributed by atoms with Gasteiger partial charge in [-0.25, -0.2) is 0 Å². The zero-order chi connectivity index (χ0) is 20.4. The van der Waals surface area contributed by atoms with Gasteiger partial charge in [-0.2, -0.15) is 5.26 Å². The quantitative estimate of drug-likeness (QED) is 0.815. The summed E-state index contributed by atoms with van der Waals surface area (Å²) in [5.41, 5.74) is 7.23. The fraction of sp³-hybridized carbons (Fsp3) is 0.524. The van der Waals surface area contributed by atoms with Gasteiger partial charge in [0.15, 0.2) is 0 Å². The number of pyridine rings is 1. The Balaban J connectivity index is 1.30. The average molecular weight is 395 g/mol. The van der Waals surface area contributed by atoms with E-state index in [1.807, 2.05) is 0 Å². The molecule has 3 heterocycles. The van der Waals surface area contributed by atoms with Gasteiger partial charge in [-0.3, -0.25) is 14.6 Å². The molecule has 29 heavy (non-hydrogen) atoms. The first-order valence-electron chi connectivity index (χ1n) is 10.2. The fourth-order valence-corrected chi connectivity index (χ4v) is 4.42. The Bertz CT molecular complexity index is 941. The number of rotatable bonds is 4. The number of aromatic nitrogens is 1. The van der Waals surface area contributed by atoms with Gasteiger partial charge in [0.1, 0.15) is 17.3 Å². The molecule has 0 unspecified atom stereocenters. The lowest BCUT2D eigenvalue weighted by Gasteiger charge is -2.34. The van der Waals surface area contributed by atoms with Gasteiger partial charge in [0.25, 0.3) is 5.91 Å². The molecule has 2 aromatic heterocycles. The summed E-state index contributed by atoms with van der Waals surface area (Å²) >= 11 is 0. The van der Waals surface area contributed by atoms with E-state index in [9.17, 15) is 14.9 Å². The molecule has 2 fully saturated rings. The van der Waals surface area contributed by atoms with Gasteiger partial charge in [0.05, 0.1) is 18.4 Å². The zero-order valence-electron chi connectivity index (χ0n) is 16.2. The zero-order valence-corrected chi connectivity index (χ0v) is 16.2. The number of carbonyl (C=O) groups is 2. The van der Waals surface area contributed by atoms with Crippen molar-refractivity contribution in [2.75, 3.05) is 6.54 Å². The monoisotopic (exact) mass is 395 g/mol. The molecule has 4 rings (SSSR count). The fourth-order valence-electron chi connectivity index (χ4n) is 4.42. The molecule has 2 aromatic rings. The number of furan rings is 1. The highest BCUT2D eigenvalue weighted by Gasteiger charge is 2.36. The number of hydrogen-bond acceptors (Lipinski definition) is 6. The number of nitriles is 1. The summed E-state index contributed by atoms with van der Waals surface area (Å²) in [5, 5.41) is 13.1. The Morgan fingerprint density at radius 2 is 2.10 bits per heavy atom. The van der Waals surface area contributed by atoms with Crippen molar-refractivity contribution in [1.82, 2.24) is 15.2 Å². The number of nitrogens with two attached hydrogens (primary N) is 1. The van der Waals surface area contributed by atoms with Crippen LogP contribution in [-0.4, -0.2) is 46.4 Å². The molecule has 1 aliphatic heterocycles. The van der Waals surface area contributed by atoms with E-state index in [-0.39, 0.29) is 29.8 Å². The molecule has 0 spiro atoms. The van der Waals surface area contributed by atoms with Crippen molar-refractivity contribution in [2.45, 2.75) is 56.7 Å². The first kappa shape index (κ1) is 19.4. The maximum Gasteiger partial charge on any atom is 0.270 e. The Kier molecular flexibility index (Phi) is 5.49. The first-order valence-corrected chi connectivity index (χ1v) is 10.2. The molecule has 152 valence electrons. The lowest BCUT2D eigenvalue weighted by Crippen LogP contribution is -2.50. The SMILES string of the molecule is N#C[C@@H]1CCCN1C(=O)[C@@H](N)C1CCC(NC(=O)c2cc3occc3cn2)CC1. The molecule has 1 saturated carbocycles. The number of fused-ring (bicyclic) bond motifs is 1. The minimum atomic E-state index is -0.580. The van der Waals surface area contributed by atoms with Crippen LogP contribution in [0, 0.1) is 17.2 Å². The highest BCUT2D eigenvalue weighted by molar-refractivity contribution is 5.95. The highest BCUT2D eigenvalue weighted by atomic mass is 16.3. The Morgan fingerprint density at radius 1 is 1.31 bits per heavy atom. The number of amides is 2. The Hall–Kier alpha value is -2.92. The van der Waals surface area contributed by atoms with Crippen LogP contribution in [0.15, 0.2) is 29.0 Å². The second-order valence-electron chi connectivity index (χ2n) is 7.96. The van der Waals surface area contributed by atoms with Gasteiger partial charge in [-0.15, -0.1) is 0 Å². The maximum absolute atomic E-state index is 12.7. The largest absolute Gasteiger partial charge is 0.464 e. The molecule has 2 aliphatic rings. The summed E-state index contributed by atoms with van der Waals surface area (Å²) in [7, 11) is 0. The first-order chi connectivity index (χ1) is 14.1. The Morgan fingerprint density at radius 3 is 2.86 bits per heavy atom. The summed E-state index contributed by atoms with van der Waals surface area (Å²) < 4.78 is 5.33. The van der Waals surface area contributed by atoms with E-state index >= 15 is 0 Å². The minimum Gasteiger partial charge on any atom is -0.464 e. The van der Waals surface area contributed by atoms with E-state index in [0.717, 1.165) is 43.9 Å². The van der Waals surface area contributed by atoms with E-state index < -0.39 is 6.04 Å². The van der Waals surface area contributed by atoms with Crippen molar-refractivity contribution in [2.24, 2.45) is 11.7 Å². The maximum atomic E-state index is 12.7. The predicted octanol–water partition coefficient (Wildman–Crippen LogP) is 1.96. The van der Waals surface area contributed by atoms with E-state index in [1.54, 1.807) is 29.5 Å². The summed E-state index contributed by atoms with van der Waals surface area (Å²) in [6.45, 7) is 0.614. The smallest absolute Gasteiger partial charge is 0.270 e. The third kappa shape index (κ3) is 3.96. The van der Waals surface area contributed by atoms with Crippen LogP contribution < -0.4 is 11.1 Å². The Labute approximate surface area is 169 Å². The average Bonchev–Trinajstić information content (AvgIpc) is 3.41. The van der Waals surface area contributed by atoms with Crippen LogP contribution in [0.3, 0.4) is 0 Å². The number of nitrogens with one attached hydrogen (secondary N) is 1. The summed E-state index contributed by atoms with van der Waals surface area (Å²) in [6, 6.07) is 4.76. The topological polar surface area (TPSA) is 125 Å². The van der Waals surface area contributed by atoms with Crippen molar-refractivity contribution in [3.05, 3.63) is 30.3 Å². The molecule has 8 heteroatoms. The summed E-state index contributed by atoms with van der Waals surface area (Å²) in [4.78, 5) is 31.1. The molecule has 1 aliphatic carbocycles. The molecular weight excluding hydrogens is 370 g/mol. The molecule has 2 amide bonds. The molecule has 1 saturated heterocycles. The molecule has 0 bridgehead atoms. The highest BCUT2D eigenvalue weighted by Crippen LogP contribution is 2.29. The van der Waals surface area contributed by atoms with Crippen LogP contribution in [0.25, 0.3) is 11.0 Å². The number of hydrogen-bond donors (Lipinski definition) is 2. The molecule has 8 nitrogen and oxygen atoms in total. The van der Waals surface area contributed by atoms with Gasteiger partial charge in [-0.05, 0) is 50.5 Å². The van der Waals surface area contributed by atoms with E-state index in [0.29, 0.717) is 17.8 Å². The molecule has 2 atom stereocenters. The van der Waals surface area contributed by atoms with Crippen molar-refractivity contribution in [1.29, 1.82) is 5.26 Å².